The molecule has 23 nitrogen and oxygen atoms in total. The molecule has 364 valence electrons. The number of amides is 7. The van der Waals surface area contributed by atoms with Crippen molar-refractivity contribution < 1.29 is 71.5 Å². The third-order valence-corrected chi connectivity index (χ3v) is 14.2. The fourth-order valence-corrected chi connectivity index (χ4v) is 10.2. The second-order valence-corrected chi connectivity index (χ2v) is 18.8. The first-order chi connectivity index (χ1) is 31.8. The molecule has 7 amide bonds. The van der Waals surface area contributed by atoms with Crippen LogP contribution in [-0.4, -0.2) is 154 Å². The first-order valence-electron chi connectivity index (χ1n) is 21.9. The van der Waals surface area contributed by atoms with E-state index in [1.165, 1.54) is 14.0 Å². The van der Waals surface area contributed by atoms with Gasteiger partial charge >= 0.3 is 6.16 Å². The maximum atomic E-state index is 14.8. The number of aliphatic hydroxyl groups is 1. The molecule has 2 fully saturated rings. The summed E-state index contributed by atoms with van der Waals surface area (Å²) >= 11 is 0. The van der Waals surface area contributed by atoms with Gasteiger partial charge in [0.2, 0.25) is 41.4 Å². The minimum absolute atomic E-state index is 0.0304. The molecule has 0 aliphatic carbocycles. The van der Waals surface area contributed by atoms with Gasteiger partial charge < -0.3 is 61.5 Å². The number of Topliss-reactive ketones (excluding diaryl/α,β-unsaturated/α-hetero) is 2. The highest BCUT2D eigenvalue weighted by molar-refractivity contribution is 7.85. The monoisotopic (exact) mass is 956 g/mol. The highest BCUT2D eigenvalue weighted by Gasteiger charge is 2.46. The number of ketones is 2. The highest BCUT2D eigenvalue weighted by Crippen LogP contribution is 2.33. The molecule has 24 heteroatoms. The number of hydrogen-bond donors (Lipinski definition) is 8. The predicted molar refractivity (Wildman–Crippen MR) is 233 cm³/mol. The Morgan fingerprint density at radius 1 is 0.925 bits per heavy atom. The topological polar surface area (TPSA) is 341 Å². The number of fused-ring (bicyclic) bond motifs is 5. The minimum Gasteiger partial charge on any atom is -0.497 e. The van der Waals surface area contributed by atoms with Gasteiger partial charge in [0, 0.05) is 55.5 Å². The summed E-state index contributed by atoms with van der Waals surface area (Å²) in [4.78, 5) is 142. The van der Waals surface area contributed by atoms with Gasteiger partial charge in [-0.1, -0.05) is 27.2 Å². The van der Waals surface area contributed by atoms with E-state index in [1.54, 1.807) is 32.0 Å². The smallest absolute Gasteiger partial charge is 0.497 e. The number of hydrogen-bond acceptors (Lipinski definition) is 15. The predicted octanol–water partition coefficient (Wildman–Crippen LogP) is -2.25. The molecule has 1 aromatic carbocycles. The number of cyclic esters (lactones) is 2. The molecule has 5 heterocycles. The number of aromatic amines is 1. The molecular weight excluding hydrogens is 901 g/mol. The summed E-state index contributed by atoms with van der Waals surface area (Å²) in [5.74, 6) is -12.6. The Bertz CT molecular complexity index is 2360. The third kappa shape index (κ3) is 11.8. The Hall–Kier alpha value is -6.43. The lowest BCUT2D eigenvalue weighted by molar-refractivity contribution is -0.145. The number of nitrogens with two attached hydrogens (primary N) is 1. The third-order valence-electron chi connectivity index (χ3n) is 12.7. The molecule has 11 atom stereocenters. The number of ether oxygens (including phenoxy) is 3. The average molecular weight is 957 g/mol. The molecule has 2 bridgehead atoms. The average Bonchev–Trinajstić information content (AvgIpc) is 4.01. The molecule has 2 saturated heterocycles. The molecule has 6 rings (SSSR count). The number of carbonyl (C=O) groups is 10. The van der Waals surface area contributed by atoms with Crippen molar-refractivity contribution in [1.29, 1.82) is 0 Å². The van der Waals surface area contributed by atoms with E-state index in [0.29, 0.717) is 23.1 Å². The summed E-state index contributed by atoms with van der Waals surface area (Å²) in [5.41, 5.74) is 6.17. The maximum Gasteiger partial charge on any atom is 0.508 e. The number of primary amides is 1. The molecule has 67 heavy (non-hydrogen) atoms. The standard InChI is InChI=1S/C43H56N8O15S/c1-5-19(2)36-40(60)46-14-34(56)47-28-18-67(63)41-26(25-7-6-24(64-4)13-27(25)48-41)8-21(38(58)45-15-35(57)49-36)9-31(54)37(20(3)32-17-65-43(62)66-32)50-39(59)29-12-23(52)16-51(29)42(61)22(10-30(28)53)11-33(44)55/h6-7,13,19-23,28-29,32,36-37,48,52H,5,8-12,14-18H2,1-4H3,(H2,44,55)(H,45,58)(H,46,60)(H,47,56)(H,49,57)(H,50,59)/t19-,20-,21+,22-,23+,28-,29?,32-,36-,37-,67?/m0/s1. The Balaban J connectivity index is 1.54. The van der Waals surface area contributed by atoms with Crippen LogP contribution >= 0.6 is 0 Å². The minimum atomic E-state index is -2.27. The zero-order chi connectivity index (χ0) is 48.9. The van der Waals surface area contributed by atoms with Crippen LogP contribution in [0.2, 0.25) is 0 Å². The van der Waals surface area contributed by atoms with Crippen molar-refractivity contribution >= 4 is 80.8 Å². The van der Waals surface area contributed by atoms with Gasteiger partial charge in [0.05, 0.1) is 66.4 Å². The van der Waals surface area contributed by atoms with Crippen molar-refractivity contribution in [1.82, 2.24) is 36.5 Å². The fraction of sp³-hybridized carbons (Fsp3) is 0.581. The Morgan fingerprint density at radius 3 is 2.28 bits per heavy atom. The number of methoxy groups -OCH3 is 1. The van der Waals surface area contributed by atoms with Crippen molar-refractivity contribution in [3.8, 4) is 5.75 Å². The van der Waals surface area contributed by atoms with Crippen molar-refractivity contribution in [3.05, 3.63) is 23.8 Å². The summed E-state index contributed by atoms with van der Waals surface area (Å²) in [5, 5.41) is 23.9. The van der Waals surface area contributed by atoms with Gasteiger partial charge in [0.15, 0.2) is 11.6 Å². The van der Waals surface area contributed by atoms with Gasteiger partial charge in [-0.05, 0) is 30.0 Å². The van der Waals surface area contributed by atoms with Gasteiger partial charge in [0.25, 0.3) is 0 Å². The fourth-order valence-electron chi connectivity index (χ4n) is 8.80. The number of nitrogens with zero attached hydrogens (tertiary/aromatic N) is 1. The molecule has 1 aromatic heterocycles. The zero-order valence-electron chi connectivity index (χ0n) is 37.4. The Kier molecular flexibility index (Phi) is 16.0. The summed E-state index contributed by atoms with van der Waals surface area (Å²) in [6.45, 7) is 2.79. The van der Waals surface area contributed by atoms with E-state index in [1.807, 2.05) is 0 Å². The van der Waals surface area contributed by atoms with Crippen molar-refractivity contribution in [2.24, 2.45) is 29.4 Å². The SMILES string of the molecule is CC[C@H](C)[C@@H]1NC(=O)CNC(=O)[C@H]2CC(=O)[C@H]([C@@H](C)[C@@H]3COC(=O)O3)NC(=O)C3C[C@@H](O)CN3C(=O)[C@H](CC(N)=O)CC(=O)[C@H](CS(=O)c3[nH]c4cc(OC)ccc4c3C2)NC(=O)CNC1=O. The number of benzene rings is 1. The highest BCUT2D eigenvalue weighted by atomic mass is 32.2. The van der Waals surface area contributed by atoms with Gasteiger partial charge in [-0.25, -0.2) is 4.79 Å². The van der Waals surface area contributed by atoms with Gasteiger partial charge in [-0.2, -0.15) is 0 Å². The zero-order valence-corrected chi connectivity index (χ0v) is 38.2. The van der Waals surface area contributed by atoms with E-state index in [0.717, 1.165) is 4.90 Å². The van der Waals surface area contributed by atoms with Crippen LogP contribution in [-0.2, 0) is 69.8 Å². The molecule has 2 aromatic rings. The summed E-state index contributed by atoms with van der Waals surface area (Å²) in [7, 11) is -0.854. The molecule has 0 saturated carbocycles. The van der Waals surface area contributed by atoms with Crippen LogP contribution in [0.25, 0.3) is 10.9 Å². The first kappa shape index (κ1) is 50.0. The van der Waals surface area contributed by atoms with E-state index in [9.17, 15) is 57.3 Å². The lowest BCUT2D eigenvalue weighted by atomic mass is 9.85. The molecule has 2 unspecified atom stereocenters. The van der Waals surface area contributed by atoms with Gasteiger partial charge in [-0.3, -0.25) is 47.4 Å². The number of H-pyrrole nitrogens is 1. The van der Waals surface area contributed by atoms with Crippen LogP contribution in [0.4, 0.5) is 4.79 Å². The summed E-state index contributed by atoms with van der Waals surface area (Å²) in [6.07, 6.45) is -5.86. The molecule has 4 aliphatic heterocycles. The number of aromatic nitrogens is 1. The molecule has 4 aliphatic rings. The second kappa shape index (κ2) is 21.5. The molecule has 0 spiro atoms. The first-order valence-corrected chi connectivity index (χ1v) is 23.3. The van der Waals surface area contributed by atoms with Crippen molar-refractivity contribution in [2.45, 2.75) is 101 Å². The van der Waals surface area contributed by atoms with Crippen molar-refractivity contribution in [3.63, 3.8) is 0 Å². The Labute approximate surface area is 386 Å². The van der Waals surface area contributed by atoms with Crippen LogP contribution in [0, 0.1) is 23.7 Å². The van der Waals surface area contributed by atoms with Gasteiger partial charge in [0.1, 0.15) is 35.6 Å². The normalized spacial score (nSPS) is 29.5. The van der Waals surface area contributed by atoms with E-state index in [4.69, 9.17) is 19.9 Å². The van der Waals surface area contributed by atoms with E-state index in [-0.39, 0.29) is 30.0 Å². The van der Waals surface area contributed by atoms with Crippen LogP contribution in [0.3, 0.4) is 0 Å². The quantitative estimate of drug-likeness (QED) is 0.136. The summed E-state index contributed by atoms with van der Waals surface area (Å²) in [6, 6.07) is -1.09. The van der Waals surface area contributed by atoms with Crippen LogP contribution in [0.1, 0.15) is 58.4 Å². The molecular formula is C43H56N8O15S. The summed E-state index contributed by atoms with van der Waals surface area (Å²) < 4.78 is 30.5. The molecule has 0 radical (unpaired) electrons. The van der Waals surface area contributed by atoms with Gasteiger partial charge in [-0.15, -0.1) is 0 Å². The van der Waals surface area contributed by atoms with Crippen LogP contribution in [0.5, 0.6) is 5.75 Å². The Morgan fingerprint density at radius 2 is 1.63 bits per heavy atom. The van der Waals surface area contributed by atoms with E-state index < -0.39 is 175 Å². The van der Waals surface area contributed by atoms with Crippen LogP contribution < -0.4 is 37.1 Å². The number of rotatable bonds is 7. The number of nitrogens with one attached hydrogen (secondary N) is 6. The van der Waals surface area contributed by atoms with E-state index >= 15 is 0 Å². The maximum absolute atomic E-state index is 14.8. The lowest BCUT2D eigenvalue weighted by Gasteiger charge is -2.32. The lowest BCUT2D eigenvalue weighted by Crippen LogP contribution is -2.56. The molecule has 9 N–H and O–H groups in total. The number of carbonyl (C=O) groups excluding carboxylic acids is 10. The number of aliphatic hydroxyl groups excluding tert-OH is 1. The van der Waals surface area contributed by atoms with Crippen molar-refractivity contribution in [2.75, 3.05) is 39.1 Å². The van der Waals surface area contributed by atoms with E-state index in [2.05, 4.69) is 31.6 Å². The van der Waals surface area contributed by atoms with Crippen LogP contribution in [0.15, 0.2) is 23.2 Å². The second-order valence-electron chi connectivity index (χ2n) is 17.4. The largest absolute Gasteiger partial charge is 0.508 e.